The van der Waals surface area contributed by atoms with Crippen LogP contribution in [0.15, 0.2) is 39.9 Å². The van der Waals surface area contributed by atoms with E-state index in [1.807, 2.05) is 0 Å². The molecule has 0 bridgehead atoms. The average molecular weight is 1690 g/mol. The van der Waals surface area contributed by atoms with Gasteiger partial charge in [-0.1, -0.05) is 0 Å². The number of nitrogens with two attached hydrogens (primary N) is 17. The van der Waals surface area contributed by atoms with E-state index in [2.05, 4.69) is 116 Å². The third-order valence-corrected chi connectivity index (χ3v) is 16.7. The van der Waals surface area contributed by atoms with Gasteiger partial charge in [0.15, 0.2) is 47.7 Å². The van der Waals surface area contributed by atoms with Gasteiger partial charge in [0.1, 0.15) is 54.4 Å². The van der Waals surface area contributed by atoms with E-state index >= 15 is 0 Å². The number of primary amides is 1. The van der Waals surface area contributed by atoms with E-state index < -0.39 is 138 Å². The Bertz CT molecular complexity index is 3330. The number of thiol groups is 1. The van der Waals surface area contributed by atoms with Crippen molar-refractivity contribution in [1.82, 2.24) is 63.8 Å². The SMILES string of the molecule is CN[C@@H](C)C(=O)NCC(=O)N[C@H](CCCN=C(N)N)C(=O)N[C@H](CCCN=C(N)N)C(=O)N[C@H](CCCN=C(N)N)C(=O)N[C@H](CCCN=C(N)N)C(=O)N[C@H](CCCN=C(N)N)C(=O)N[C@H](CCCN=C(N)N)C(=O)N[C@H](CCCN=C(N)N)C(=O)N[C@H](CCCN=C(N)N)C(=O)N[C@H](CS)C(=O)NCCOCCOCCCC(N)=O. The first-order chi connectivity index (χ1) is 55.4. The number of aliphatic imine (C=N–C) groups is 8. The molecule has 0 aliphatic rings. The number of nitrogens with zero attached hydrogens (tertiary/aromatic N) is 8. The first-order valence-corrected chi connectivity index (χ1v) is 38.5. The van der Waals surface area contributed by atoms with Crippen molar-refractivity contribution in [3.63, 3.8) is 0 Å². The molecule has 0 aromatic heterocycles. The molecule has 0 aliphatic carbocycles. The van der Waals surface area contributed by atoms with Gasteiger partial charge < -0.3 is 171 Å². The van der Waals surface area contributed by atoms with Gasteiger partial charge in [-0.05, 0) is 123 Å². The minimum atomic E-state index is -1.61. The Morgan fingerprint density at radius 2 is 0.521 bits per heavy atom. The second kappa shape index (κ2) is 62.4. The first kappa shape index (κ1) is 105. The number of carbonyl (C=O) groups is 12. The molecule has 0 aromatic rings. The number of amides is 12. The van der Waals surface area contributed by atoms with Gasteiger partial charge in [0.2, 0.25) is 70.9 Å². The minimum Gasteiger partial charge on any atom is -0.379 e. The molecule has 0 fully saturated rings. The molecular formula is C65H129N37O14S. The molecule has 10 atom stereocenters. The van der Waals surface area contributed by atoms with Crippen molar-refractivity contribution >= 4 is 131 Å². The third kappa shape index (κ3) is 53.7. The first-order valence-electron chi connectivity index (χ1n) is 37.8. The van der Waals surface area contributed by atoms with Gasteiger partial charge in [0, 0.05) is 77.7 Å². The zero-order chi connectivity index (χ0) is 88.2. The van der Waals surface area contributed by atoms with Crippen LogP contribution in [0.1, 0.15) is 122 Å². The molecule has 0 aromatic carbocycles. The van der Waals surface area contributed by atoms with E-state index in [0.29, 0.717) is 6.42 Å². The lowest BCUT2D eigenvalue weighted by Gasteiger charge is -2.28. The fourth-order valence-corrected chi connectivity index (χ4v) is 10.5. The van der Waals surface area contributed by atoms with Crippen LogP contribution < -0.4 is 161 Å². The molecule has 0 heterocycles. The van der Waals surface area contributed by atoms with Crippen LogP contribution in [0.3, 0.4) is 0 Å². The standard InChI is InChI=1S/C65H129N37O14S/c1-36(83-2)48(105)93-34-47(104)94-37(12-3-21-85-58(67)68)50(107)95-38(13-4-22-86-59(69)70)51(108)96-39(14-5-23-87-60(71)72)52(109)97-40(15-6-24-88-61(73)74)53(110)98-41(16-7-25-89-62(75)76)54(111)99-42(17-8-26-90-63(77)78)55(112)100-43(18-9-27-91-64(79)80)56(113)101-44(19-10-28-92-65(81)82)57(114)102-45(35-117)49(106)84-29-31-116-33-32-115-30-11-20-46(66)103/h36-45,83,117H,3-35H2,1-2H3,(H2,66,103)(H,84,106)(H,93,105)(H,94,104)(H,95,107)(H,96,108)(H,97,109)(H,98,110)(H,99,111)(H,100,112)(H,101,113)(H,102,114)(H4,67,68,85)(H4,69,70,86)(H4,71,72,87)(H4,73,74,88)(H4,75,76,89)(H4,77,78,90)(H4,79,80,91)(H4,81,82,92)/t36-,37+,38+,39+,40+,41+,42+,43+,44+,45+/m0/s1. The molecule has 51 nitrogen and oxygen atoms in total. The number of likely N-dealkylation sites (N-methyl/N-ethyl adjacent to an activating group) is 1. The van der Waals surface area contributed by atoms with Crippen molar-refractivity contribution in [2.45, 2.75) is 183 Å². The maximum atomic E-state index is 15.0. The summed E-state index contributed by atoms with van der Waals surface area (Å²) in [5, 5.41) is 31.5. The summed E-state index contributed by atoms with van der Waals surface area (Å²) in [6, 6.07) is -14.2. The van der Waals surface area contributed by atoms with E-state index in [1.54, 1.807) is 6.92 Å². The molecular weight excluding hydrogens is 1560 g/mol. The summed E-state index contributed by atoms with van der Waals surface area (Å²) in [5.74, 6) is -12.7. The van der Waals surface area contributed by atoms with Gasteiger partial charge >= 0.3 is 0 Å². The lowest BCUT2D eigenvalue weighted by Crippen LogP contribution is -2.60. The van der Waals surface area contributed by atoms with Crippen molar-refractivity contribution < 1.29 is 67.0 Å². The summed E-state index contributed by atoms with van der Waals surface area (Å²) in [4.78, 5) is 200. The third-order valence-electron chi connectivity index (χ3n) is 16.3. The molecule has 0 unspecified atom stereocenters. The highest BCUT2D eigenvalue weighted by molar-refractivity contribution is 7.80. The summed E-state index contributed by atoms with van der Waals surface area (Å²) in [5.41, 5.74) is 94.8. The van der Waals surface area contributed by atoms with Crippen molar-refractivity contribution in [3.8, 4) is 0 Å². The molecule has 0 radical (unpaired) electrons. The highest BCUT2D eigenvalue weighted by atomic mass is 32.1. The van der Waals surface area contributed by atoms with Crippen LogP contribution in [-0.4, -0.2) is 284 Å². The van der Waals surface area contributed by atoms with Crippen LogP contribution in [0.5, 0.6) is 0 Å². The molecule has 664 valence electrons. The van der Waals surface area contributed by atoms with E-state index in [9.17, 15) is 57.5 Å². The number of hydrogen-bond donors (Lipinski definition) is 30. The maximum Gasteiger partial charge on any atom is 0.243 e. The van der Waals surface area contributed by atoms with Crippen LogP contribution in [0, 0.1) is 0 Å². The van der Waals surface area contributed by atoms with Gasteiger partial charge in [0.25, 0.3) is 0 Å². The second-order valence-corrected chi connectivity index (χ2v) is 26.6. The number of nitrogens with one attached hydrogen (secondary N) is 12. The second-order valence-electron chi connectivity index (χ2n) is 26.2. The summed E-state index contributed by atoms with van der Waals surface area (Å²) >= 11 is 4.28. The Hall–Kier alpha value is -12.0. The Morgan fingerprint density at radius 1 is 0.291 bits per heavy atom. The van der Waals surface area contributed by atoms with E-state index in [1.165, 1.54) is 7.05 Å². The summed E-state index contributed by atoms with van der Waals surface area (Å²) in [6.07, 6.45) is -0.736. The van der Waals surface area contributed by atoms with Crippen molar-refractivity contribution in [1.29, 1.82) is 0 Å². The predicted octanol–water partition coefficient (Wildman–Crippen LogP) is -14.2. The van der Waals surface area contributed by atoms with Gasteiger partial charge in [-0.3, -0.25) is 97.5 Å². The van der Waals surface area contributed by atoms with Crippen molar-refractivity contribution in [2.75, 3.05) is 105 Å². The Labute approximate surface area is 684 Å². The zero-order valence-corrected chi connectivity index (χ0v) is 67.6. The summed E-state index contributed by atoms with van der Waals surface area (Å²) < 4.78 is 10.9. The monoisotopic (exact) mass is 1680 g/mol. The van der Waals surface area contributed by atoms with E-state index in [0.717, 1.165) is 0 Å². The van der Waals surface area contributed by atoms with Crippen LogP contribution in [0.25, 0.3) is 0 Å². The van der Waals surface area contributed by atoms with Gasteiger partial charge in [-0.2, -0.15) is 12.6 Å². The zero-order valence-electron chi connectivity index (χ0n) is 66.7. The fraction of sp³-hybridized carbons (Fsp3) is 0.692. The predicted molar refractivity (Wildman–Crippen MR) is 445 cm³/mol. The highest BCUT2D eigenvalue weighted by Crippen LogP contribution is 2.13. The fourth-order valence-electron chi connectivity index (χ4n) is 10.3. The van der Waals surface area contributed by atoms with E-state index in [-0.39, 0.29) is 248 Å². The molecule has 117 heavy (non-hydrogen) atoms. The average Bonchev–Trinajstić information content (AvgIpc) is 0.859. The van der Waals surface area contributed by atoms with Crippen molar-refractivity contribution in [2.24, 2.45) is 137 Å². The lowest BCUT2D eigenvalue weighted by molar-refractivity contribution is -0.136. The molecule has 52 heteroatoms. The quantitative estimate of drug-likeness (QED) is 0.0116. The van der Waals surface area contributed by atoms with Crippen LogP contribution in [-0.2, 0) is 67.0 Å². The van der Waals surface area contributed by atoms with Gasteiger partial charge in [-0.15, -0.1) is 0 Å². The number of ether oxygens (including phenoxy) is 2. The smallest absolute Gasteiger partial charge is 0.243 e. The number of guanidine groups is 8. The maximum absolute atomic E-state index is 15.0. The molecule has 0 spiro atoms. The number of carbonyl (C=O) groups excluding carboxylic acids is 12. The van der Waals surface area contributed by atoms with Gasteiger partial charge in [0.05, 0.1) is 32.4 Å². The number of rotatable bonds is 65. The Balaban J connectivity index is 7.85. The summed E-state index contributed by atoms with van der Waals surface area (Å²) in [6.45, 7) is 1.23. The van der Waals surface area contributed by atoms with Crippen LogP contribution in [0.4, 0.5) is 0 Å². The van der Waals surface area contributed by atoms with Crippen LogP contribution >= 0.6 is 12.6 Å². The highest BCUT2D eigenvalue weighted by Gasteiger charge is 2.36. The van der Waals surface area contributed by atoms with Crippen LogP contribution in [0.2, 0.25) is 0 Å². The molecule has 46 N–H and O–H groups in total. The molecule has 0 saturated heterocycles. The topological polar surface area (TPSA) is 909 Å². The van der Waals surface area contributed by atoms with Gasteiger partial charge in [-0.25, -0.2) is 0 Å². The van der Waals surface area contributed by atoms with Crippen molar-refractivity contribution in [3.05, 3.63) is 0 Å². The minimum absolute atomic E-state index is 0.00184. The van der Waals surface area contributed by atoms with E-state index in [4.69, 9.17) is 107 Å². The lowest BCUT2D eigenvalue weighted by atomic mass is 10.0. The molecule has 0 aliphatic heterocycles. The number of hydrogen-bond acceptors (Lipinski definition) is 24. The largest absolute Gasteiger partial charge is 0.379 e. The molecule has 0 rings (SSSR count). The Morgan fingerprint density at radius 3 is 0.744 bits per heavy atom. The Kier molecular flexibility index (Phi) is 56.0. The molecule has 0 saturated carbocycles. The normalized spacial score (nSPS) is 13.3. The summed E-state index contributed by atoms with van der Waals surface area (Å²) in [7, 11) is 1.53. The molecule has 12 amide bonds.